The molecule has 78 valence electrons. The van der Waals surface area contributed by atoms with E-state index in [4.69, 9.17) is 5.11 Å². The predicted octanol–water partition coefficient (Wildman–Crippen LogP) is 2.85. The van der Waals surface area contributed by atoms with Gasteiger partial charge in [0, 0.05) is 0 Å². The van der Waals surface area contributed by atoms with Crippen LogP contribution in [0.1, 0.15) is 19.8 Å². The zero-order chi connectivity index (χ0) is 10.3. The Bertz CT molecular complexity index is 160. The van der Waals surface area contributed by atoms with E-state index < -0.39 is 14.0 Å². The Balaban J connectivity index is 3.56. The Hall–Kier alpha value is 0.0369. The summed E-state index contributed by atoms with van der Waals surface area (Å²) in [5, 5.41) is 9.56. The summed E-state index contributed by atoms with van der Waals surface area (Å²) in [6.45, 7) is 6.89. The topological polar surface area (TPSA) is 37.3 Å². The van der Waals surface area contributed by atoms with Gasteiger partial charge in [0.15, 0.2) is 0 Å². The van der Waals surface area contributed by atoms with Crippen molar-refractivity contribution in [2.45, 2.75) is 38.9 Å². The van der Waals surface area contributed by atoms with Gasteiger partial charge < -0.3 is 5.11 Å². The van der Waals surface area contributed by atoms with E-state index in [1.807, 2.05) is 0 Å². The highest BCUT2D eigenvalue weighted by Gasteiger charge is 2.19. The van der Waals surface area contributed by atoms with Crippen molar-refractivity contribution in [3.05, 3.63) is 0 Å². The number of carboxylic acid groups (broad SMARTS) is 1. The lowest BCUT2D eigenvalue weighted by molar-refractivity contribution is -0.133. The van der Waals surface area contributed by atoms with Gasteiger partial charge in [-0.2, -0.15) is 11.8 Å². The van der Waals surface area contributed by atoms with E-state index in [0.29, 0.717) is 0 Å². The molecule has 0 aliphatic rings. The fourth-order valence-electron chi connectivity index (χ4n) is 1.14. The second kappa shape index (κ2) is 6.48. The average molecular weight is 220 g/mol. The molecular formula is C9H20O2SSi. The molecule has 0 unspecified atom stereocenters. The molecule has 13 heavy (non-hydrogen) atoms. The summed E-state index contributed by atoms with van der Waals surface area (Å²) in [4.78, 5) is 10.3. The van der Waals surface area contributed by atoms with E-state index in [0.717, 1.165) is 5.38 Å². The van der Waals surface area contributed by atoms with Crippen LogP contribution in [0.2, 0.25) is 19.1 Å². The van der Waals surface area contributed by atoms with E-state index in [1.165, 1.54) is 18.9 Å². The highest BCUT2D eigenvalue weighted by molar-refractivity contribution is 8.01. The van der Waals surface area contributed by atoms with Gasteiger partial charge in [0.1, 0.15) is 0 Å². The maximum Gasteiger partial charge on any atom is 0.313 e. The Morgan fingerprint density at radius 3 is 2.54 bits per heavy atom. The molecule has 4 heteroatoms. The van der Waals surface area contributed by atoms with Gasteiger partial charge in [-0.3, -0.25) is 4.79 Å². The normalized spacial score (nSPS) is 11.6. The molecular weight excluding hydrogens is 200 g/mol. The van der Waals surface area contributed by atoms with Crippen molar-refractivity contribution in [1.29, 1.82) is 0 Å². The first-order valence-electron chi connectivity index (χ1n) is 4.77. The number of aliphatic carboxylic acids is 1. The van der Waals surface area contributed by atoms with Gasteiger partial charge in [0.25, 0.3) is 0 Å². The van der Waals surface area contributed by atoms with E-state index >= 15 is 0 Å². The third-order valence-corrected chi connectivity index (χ3v) is 8.03. The minimum atomic E-state index is -1.09. The summed E-state index contributed by atoms with van der Waals surface area (Å²) < 4.78 is 0. The SMILES string of the molecule is CCCC[Si](C)(C)CSCC(=O)O. The molecule has 2 nitrogen and oxygen atoms in total. The molecule has 0 fully saturated rings. The van der Waals surface area contributed by atoms with Gasteiger partial charge in [-0.1, -0.05) is 38.9 Å². The van der Waals surface area contributed by atoms with Crippen LogP contribution in [0.3, 0.4) is 0 Å². The third kappa shape index (κ3) is 8.37. The van der Waals surface area contributed by atoms with Crippen LogP contribution in [0, 0.1) is 0 Å². The van der Waals surface area contributed by atoms with Crippen molar-refractivity contribution in [2.75, 3.05) is 11.1 Å². The molecule has 0 radical (unpaired) electrons. The quantitative estimate of drug-likeness (QED) is 0.670. The van der Waals surface area contributed by atoms with E-state index in [-0.39, 0.29) is 5.75 Å². The second-order valence-electron chi connectivity index (χ2n) is 4.15. The predicted molar refractivity (Wildman–Crippen MR) is 62.2 cm³/mol. The minimum Gasteiger partial charge on any atom is -0.481 e. The van der Waals surface area contributed by atoms with Crippen molar-refractivity contribution in [2.24, 2.45) is 0 Å². The fraction of sp³-hybridized carbons (Fsp3) is 0.889. The maximum absolute atomic E-state index is 10.3. The molecule has 0 heterocycles. The standard InChI is InChI=1S/C9H20O2SSi/c1-4-5-6-13(2,3)8-12-7-9(10)11/h4-8H2,1-3H3,(H,10,11). The molecule has 0 aromatic heterocycles. The smallest absolute Gasteiger partial charge is 0.313 e. The Morgan fingerprint density at radius 2 is 2.08 bits per heavy atom. The lowest BCUT2D eigenvalue weighted by atomic mass is 10.4. The first kappa shape index (κ1) is 13.0. The molecule has 0 saturated heterocycles. The van der Waals surface area contributed by atoms with Crippen LogP contribution in [0.5, 0.6) is 0 Å². The number of hydrogen-bond donors (Lipinski definition) is 1. The van der Waals surface area contributed by atoms with Crippen molar-refractivity contribution < 1.29 is 9.90 Å². The van der Waals surface area contributed by atoms with Crippen LogP contribution >= 0.6 is 11.8 Å². The Morgan fingerprint density at radius 1 is 1.46 bits per heavy atom. The number of rotatable bonds is 7. The fourth-order valence-corrected chi connectivity index (χ4v) is 5.82. The lowest BCUT2D eigenvalue weighted by Crippen LogP contribution is -2.29. The summed E-state index contributed by atoms with van der Waals surface area (Å²) >= 11 is 1.58. The highest BCUT2D eigenvalue weighted by Crippen LogP contribution is 2.18. The molecule has 0 atom stereocenters. The van der Waals surface area contributed by atoms with Crippen molar-refractivity contribution >= 4 is 25.8 Å². The zero-order valence-corrected chi connectivity index (χ0v) is 10.6. The molecule has 0 aromatic rings. The summed E-state index contributed by atoms with van der Waals surface area (Å²) in [5.41, 5.74) is 0. The zero-order valence-electron chi connectivity index (χ0n) is 8.80. The van der Waals surface area contributed by atoms with Gasteiger partial charge in [-0.15, -0.1) is 0 Å². The molecule has 0 aliphatic heterocycles. The number of carbonyl (C=O) groups is 1. The molecule has 0 spiro atoms. The first-order valence-corrected chi connectivity index (χ1v) is 9.34. The van der Waals surface area contributed by atoms with Gasteiger partial charge in [-0.05, 0) is 5.38 Å². The van der Waals surface area contributed by atoms with Crippen LogP contribution < -0.4 is 0 Å². The van der Waals surface area contributed by atoms with Crippen LogP contribution in [0.4, 0.5) is 0 Å². The molecule has 0 rings (SSSR count). The van der Waals surface area contributed by atoms with Gasteiger partial charge in [-0.25, -0.2) is 0 Å². The molecule has 0 aliphatic carbocycles. The summed E-state index contributed by atoms with van der Waals surface area (Å²) in [7, 11) is -1.09. The largest absolute Gasteiger partial charge is 0.481 e. The van der Waals surface area contributed by atoms with Crippen LogP contribution in [0.15, 0.2) is 0 Å². The van der Waals surface area contributed by atoms with Crippen LogP contribution in [0.25, 0.3) is 0 Å². The number of hydrogen-bond acceptors (Lipinski definition) is 2. The van der Waals surface area contributed by atoms with E-state index in [9.17, 15) is 4.79 Å². The molecule has 0 bridgehead atoms. The lowest BCUT2D eigenvalue weighted by Gasteiger charge is -2.20. The third-order valence-electron chi connectivity index (χ3n) is 1.93. The van der Waals surface area contributed by atoms with Crippen molar-refractivity contribution in [1.82, 2.24) is 0 Å². The summed E-state index contributed by atoms with van der Waals surface area (Å²) in [6, 6.07) is 1.33. The van der Waals surface area contributed by atoms with E-state index in [2.05, 4.69) is 20.0 Å². The molecule has 0 aromatic carbocycles. The molecule has 0 amide bonds. The molecule has 0 saturated carbocycles. The Kier molecular flexibility index (Phi) is 6.50. The van der Waals surface area contributed by atoms with Crippen molar-refractivity contribution in [3.63, 3.8) is 0 Å². The second-order valence-corrected chi connectivity index (χ2v) is 10.8. The summed E-state index contributed by atoms with van der Waals surface area (Å²) in [6.07, 6.45) is 2.55. The average Bonchev–Trinajstić information content (AvgIpc) is 2.00. The monoisotopic (exact) mass is 220 g/mol. The Labute approximate surface area is 86.1 Å². The van der Waals surface area contributed by atoms with Gasteiger partial charge in [0.05, 0.1) is 13.8 Å². The van der Waals surface area contributed by atoms with E-state index in [1.54, 1.807) is 11.8 Å². The minimum absolute atomic E-state index is 0.266. The van der Waals surface area contributed by atoms with Gasteiger partial charge in [0.2, 0.25) is 0 Å². The highest BCUT2D eigenvalue weighted by atomic mass is 32.2. The molecule has 1 N–H and O–H groups in total. The summed E-state index contributed by atoms with van der Waals surface area (Å²) in [5.74, 6) is -0.423. The van der Waals surface area contributed by atoms with Gasteiger partial charge >= 0.3 is 5.97 Å². The van der Waals surface area contributed by atoms with Crippen molar-refractivity contribution in [3.8, 4) is 0 Å². The number of thioether (sulfide) groups is 1. The van der Waals surface area contributed by atoms with Crippen LogP contribution in [-0.2, 0) is 4.79 Å². The first-order chi connectivity index (χ1) is 5.98. The van der Waals surface area contributed by atoms with Crippen LogP contribution in [-0.4, -0.2) is 30.3 Å². The number of carboxylic acids is 1. The maximum atomic E-state index is 10.3. The number of unbranched alkanes of at least 4 members (excludes halogenated alkanes) is 1.